The first-order valence-corrected chi connectivity index (χ1v) is 10.9. The van der Waals surface area contributed by atoms with Crippen LogP contribution in [0.15, 0.2) is 60.7 Å². The van der Waals surface area contributed by atoms with E-state index in [1.54, 1.807) is 24.3 Å². The van der Waals surface area contributed by atoms with Crippen LogP contribution >= 0.6 is 0 Å². The van der Waals surface area contributed by atoms with Crippen LogP contribution in [0.2, 0.25) is 0 Å². The lowest BCUT2D eigenvalue weighted by Gasteiger charge is -2.47. The van der Waals surface area contributed by atoms with Crippen molar-refractivity contribution in [2.75, 3.05) is 13.2 Å². The highest BCUT2D eigenvalue weighted by Crippen LogP contribution is 2.34. The van der Waals surface area contributed by atoms with Crippen LogP contribution in [0.4, 0.5) is 0 Å². The van der Waals surface area contributed by atoms with Gasteiger partial charge in [0.05, 0.1) is 13.2 Å². The van der Waals surface area contributed by atoms with Gasteiger partial charge in [-0.2, -0.15) is 0 Å². The van der Waals surface area contributed by atoms with Gasteiger partial charge in [-0.15, -0.1) is 0 Å². The molecule has 0 aliphatic carbocycles. The molecule has 2 fully saturated rings. The van der Waals surface area contributed by atoms with E-state index in [9.17, 15) is 20.1 Å². The number of nitrogens with one attached hydrogen (secondary N) is 1. The fourth-order valence-electron chi connectivity index (χ4n) is 4.06. The highest BCUT2D eigenvalue weighted by atomic mass is 16.7. The molecular formula is C24H29NO8. The Morgan fingerprint density at radius 3 is 2.42 bits per heavy atom. The summed E-state index contributed by atoms with van der Waals surface area (Å²) in [6.07, 6.45) is -6.73. The fraction of sp³-hybridized carbons (Fsp3) is 0.458. The van der Waals surface area contributed by atoms with Gasteiger partial charge in [-0.1, -0.05) is 60.7 Å². The number of aliphatic hydroxyl groups is 3. The number of aliphatic hydroxyl groups excluding tert-OH is 3. The van der Waals surface area contributed by atoms with Gasteiger partial charge in [-0.05, 0) is 5.56 Å². The number of ether oxygens (including phenoxy) is 4. The molecule has 2 saturated heterocycles. The summed E-state index contributed by atoms with van der Waals surface area (Å²) in [5.74, 6) is -0.383. The number of hydrogen-bond acceptors (Lipinski definition) is 8. The first-order valence-electron chi connectivity index (χ1n) is 10.9. The van der Waals surface area contributed by atoms with Crippen molar-refractivity contribution in [3.63, 3.8) is 0 Å². The van der Waals surface area contributed by atoms with Crippen molar-refractivity contribution >= 4 is 5.91 Å². The average Bonchev–Trinajstić information content (AvgIpc) is 2.84. The second-order valence-electron chi connectivity index (χ2n) is 8.19. The largest absolute Gasteiger partial charge is 0.388 e. The topological polar surface area (TPSA) is 127 Å². The SMILES string of the molecule is CC(=O)N[C@H]1[C@H](OC[C@H](O)[C@@H](O)c2ccccc2)O[C@@H]2COC(c3ccccc3)O[C@H]2[C@@H]1O. The van der Waals surface area contributed by atoms with Gasteiger partial charge in [0.25, 0.3) is 0 Å². The first-order chi connectivity index (χ1) is 15.9. The van der Waals surface area contributed by atoms with Gasteiger partial charge in [0.2, 0.25) is 5.91 Å². The summed E-state index contributed by atoms with van der Waals surface area (Å²) in [6, 6.07) is 17.1. The van der Waals surface area contributed by atoms with Gasteiger partial charge in [0.15, 0.2) is 12.6 Å². The van der Waals surface area contributed by atoms with Crippen molar-refractivity contribution in [3.05, 3.63) is 71.8 Å². The van der Waals surface area contributed by atoms with Crippen LogP contribution in [-0.2, 0) is 23.7 Å². The maximum Gasteiger partial charge on any atom is 0.217 e. The molecule has 33 heavy (non-hydrogen) atoms. The third kappa shape index (κ3) is 5.59. The Kier molecular flexibility index (Phi) is 7.71. The summed E-state index contributed by atoms with van der Waals surface area (Å²) < 4.78 is 23.4. The molecule has 2 aliphatic heterocycles. The van der Waals surface area contributed by atoms with Crippen LogP contribution in [0.25, 0.3) is 0 Å². The second kappa shape index (κ2) is 10.7. The summed E-state index contributed by atoms with van der Waals surface area (Å²) in [6.45, 7) is 1.18. The Bertz CT molecular complexity index is 898. The zero-order valence-corrected chi connectivity index (χ0v) is 18.2. The van der Waals surface area contributed by atoms with Crippen LogP contribution in [-0.4, -0.2) is 71.2 Å². The van der Waals surface area contributed by atoms with E-state index in [0.717, 1.165) is 5.56 Å². The number of carbonyl (C=O) groups excluding carboxylic acids is 1. The van der Waals surface area contributed by atoms with Crippen molar-refractivity contribution in [1.29, 1.82) is 0 Å². The molecule has 9 heteroatoms. The quantitative estimate of drug-likeness (QED) is 0.479. The summed E-state index contributed by atoms with van der Waals surface area (Å²) in [4.78, 5) is 11.8. The Balaban J connectivity index is 1.43. The predicted octanol–water partition coefficient (Wildman–Crippen LogP) is 0.802. The monoisotopic (exact) mass is 459 g/mol. The molecule has 0 aromatic heterocycles. The normalized spacial score (nSPS) is 31.3. The number of carbonyl (C=O) groups is 1. The van der Waals surface area contributed by atoms with Crippen molar-refractivity contribution in [3.8, 4) is 0 Å². The number of rotatable bonds is 7. The van der Waals surface area contributed by atoms with E-state index in [4.69, 9.17) is 18.9 Å². The molecule has 0 radical (unpaired) electrons. The standard InChI is InChI=1S/C24H29NO8/c1-14(26)25-19-21(29)22-18(13-31-23(33-22)16-10-6-3-7-11-16)32-24(19)30-12-17(27)20(28)15-8-4-2-5-9-15/h2-11,17-24,27-29H,12-13H2,1H3,(H,25,26)/t17-,18+,19+,20-,21+,22+,23?,24+/m0/s1. The van der Waals surface area contributed by atoms with Crippen molar-refractivity contribution in [1.82, 2.24) is 5.32 Å². The lowest BCUT2D eigenvalue weighted by Crippen LogP contribution is -2.66. The average molecular weight is 459 g/mol. The molecular weight excluding hydrogens is 430 g/mol. The summed E-state index contributed by atoms with van der Waals surface area (Å²) in [7, 11) is 0. The number of fused-ring (bicyclic) bond motifs is 1. The molecule has 8 atom stereocenters. The Labute approximate surface area is 191 Å². The van der Waals surface area contributed by atoms with Gasteiger partial charge in [0.1, 0.15) is 36.6 Å². The highest BCUT2D eigenvalue weighted by Gasteiger charge is 2.50. The third-order valence-corrected chi connectivity index (χ3v) is 5.74. The Morgan fingerprint density at radius 2 is 1.76 bits per heavy atom. The minimum absolute atomic E-state index is 0.142. The van der Waals surface area contributed by atoms with Gasteiger partial charge >= 0.3 is 0 Å². The van der Waals surface area contributed by atoms with Crippen LogP contribution < -0.4 is 5.32 Å². The van der Waals surface area contributed by atoms with E-state index in [2.05, 4.69) is 5.32 Å². The van der Waals surface area contributed by atoms with Crippen molar-refractivity contribution in [2.24, 2.45) is 0 Å². The molecule has 2 aromatic carbocycles. The molecule has 178 valence electrons. The number of amides is 1. The second-order valence-corrected chi connectivity index (χ2v) is 8.19. The summed E-state index contributed by atoms with van der Waals surface area (Å²) in [5.41, 5.74) is 1.34. The van der Waals surface area contributed by atoms with E-state index < -0.39 is 49.1 Å². The van der Waals surface area contributed by atoms with Gasteiger partial charge in [-0.25, -0.2) is 0 Å². The summed E-state index contributed by atoms with van der Waals surface area (Å²) in [5, 5.41) is 34.5. The van der Waals surface area contributed by atoms with Gasteiger partial charge in [-0.3, -0.25) is 4.79 Å². The third-order valence-electron chi connectivity index (χ3n) is 5.74. The molecule has 1 amide bonds. The van der Waals surface area contributed by atoms with E-state index in [1.165, 1.54) is 6.92 Å². The highest BCUT2D eigenvalue weighted by molar-refractivity contribution is 5.73. The molecule has 0 bridgehead atoms. The van der Waals surface area contributed by atoms with Crippen LogP contribution in [0.3, 0.4) is 0 Å². The molecule has 4 N–H and O–H groups in total. The van der Waals surface area contributed by atoms with E-state index in [1.807, 2.05) is 36.4 Å². The smallest absolute Gasteiger partial charge is 0.217 e. The molecule has 2 aliphatic rings. The Hall–Kier alpha value is -2.37. The zero-order chi connectivity index (χ0) is 23.4. The molecule has 2 aromatic rings. The van der Waals surface area contributed by atoms with Crippen LogP contribution in [0, 0.1) is 0 Å². The maximum atomic E-state index is 11.8. The van der Waals surface area contributed by atoms with Crippen LogP contribution in [0.1, 0.15) is 30.4 Å². The first kappa shape index (κ1) is 23.8. The molecule has 2 heterocycles. The maximum absolute atomic E-state index is 11.8. The lowest BCUT2D eigenvalue weighted by atomic mass is 9.95. The molecule has 1 unspecified atom stereocenters. The number of hydrogen-bond donors (Lipinski definition) is 4. The minimum Gasteiger partial charge on any atom is -0.388 e. The molecule has 4 rings (SSSR count). The predicted molar refractivity (Wildman–Crippen MR) is 116 cm³/mol. The summed E-state index contributed by atoms with van der Waals surface area (Å²) >= 11 is 0. The van der Waals surface area contributed by atoms with E-state index >= 15 is 0 Å². The van der Waals surface area contributed by atoms with E-state index in [0.29, 0.717) is 5.56 Å². The van der Waals surface area contributed by atoms with Crippen LogP contribution in [0.5, 0.6) is 0 Å². The number of benzene rings is 2. The molecule has 0 spiro atoms. The molecule has 9 nitrogen and oxygen atoms in total. The molecule has 0 saturated carbocycles. The van der Waals surface area contributed by atoms with Gasteiger partial charge in [0, 0.05) is 12.5 Å². The minimum atomic E-state index is -1.25. The lowest BCUT2D eigenvalue weighted by molar-refractivity contribution is -0.346. The Morgan fingerprint density at radius 1 is 1.09 bits per heavy atom. The van der Waals surface area contributed by atoms with E-state index in [-0.39, 0.29) is 19.1 Å². The van der Waals surface area contributed by atoms with Gasteiger partial charge < -0.3 is 39.6 Å². The zero-order valence-electron chi connectivity index (χ0n) is 18.2. The van der Waals surface area contributed by atoms with Crippen molar-refractivity contribution < 1.29 is 39.1 Å². The van der Waals surface area contributed by atoms with Crippen molar-refractivity contribution in [2.45, 2.75) is 56.1 Å². The fourth-order valence-corrected chi connectivity index (χ4v) is 4.06.